The summed E-state index contributed by atoms with van der Waals surface area (Å²) in [7, 11) is 4.66. The van der Waals surface area contributed by atoms with E-state index < -0.39 is 0 Å². The monoisotopic (exact) mass is 420 g/mol. The largest absolute Gasteiger partial charge is 0.497 e. The second-order valence-electron chi connectivity index (χ2n) is 6.72. The lowest BCUT2D eigenvalue weighted by Crippen LogP contribution is -2.14. The van der Waals surface area contributed by atoms with Crippen LogP contribution < -0.4 is 24.8 Å². The topological polar surface area (TPSA) is 85.9 Å². The zero-order valence-electron chi connectivity index (χ0n) is 17.8. The smallest absolute Gasteiger partial charge is 0.255 e. The van der Waals surface area contributed by atoms with E-state index in [9.17, 15) is 9.59 Å². The SMILES string of the molecule is COc1ccc(NC(=O)c2ccc(NC(=O)c3cc(OC)c(C)c(OC)c3)cc2)cc1. The molecule has 0 bridgehead atoms. The molecule has 0 saturated heterocycles. The fourth-order valence-corrected chi connectivity index (χ4v) is 3.00. The van der Waals surface area contributed by atoms with Crippen molar-refractivity contribution in [1.82, 2.24) is 0 Å². The fraction of sp³-hybridized carbons (Fsp3) is 0.167. The van der Waals surface area contributed by atoms with Crippen molar-refractivity contribution < 1.29 is 23.8 Å². The lowest BCUT2D eigenvalue weighted by molar-refractivity contribution is 0.101. The van der Waals surface area contributed by atoms with Gasteiger partial charge in [0.05, 0.1) is 21.3 Å². The number of carbonyl (C=O) groups is 2. The van der Waals surface area contributed by atoms with Gasteiger partial charge in [-0.3, -0.25) is 9.59 Å². The van der Waals surface area contributed by atoms with Crippen LogP contribution in [0.3, 0.4) is 0 Å². The molecule has 0 atom stereocenters. The Morgan fingerprint density at radius 1 is 0.645 bits per heavy atom. The zero-order valence-corrected chi connectivity index (χ0v) is 17.8. The maximum Gasteiger partial charge on any atom is 0.255 e. The van der Waals surface area contributed by atoms with E-state index in [4.69, 9.17) is 14.2 Å². The molecule has 0 saturated carbocycles. The van der Waals surface area contributed by atoms with Gasteiger partial charge >= 0.3 is 0 Å². The van der Waals surface area contributed by atoms with Crippen LogP contribution in [0, 0.1) is 6.92 Å². The van der Waals surface area contributed by atoms with Crippen LogP contribution in [-0.4, -0.2) is 33.1 Å². The Morgan fingerprint density at radius 2 is 1.10 bits per heavy atom. The summed E-state index contributed by atoms with van der Waals surface area (Å²) in [6.07, 6.45) is 0. The predicted octanol–water partition coefficient (Wildman–Crippen LogP) is 4.53. The third-order valence-corrected chi connectivity index (χ3v) is 4.77. The number of carbonyl (C=O) groups excluding carboxylic acids is 2. The highest BCUT2D eigenvalue weighted by molar-refractivity contribution is 6.06. The summed E-state index contributed by atoms with van der Waals surface area (Å²) in [4.78, 5) is 25.1. The molecule has 31 heavy (non-hydrogen) atoms. The maximum atomic E-state index is 12.7. The number of anilines is 2. The molecular weight excluding hydrogens is 396 g/mol. The summed E-state index contributed by atoms with van der Waals surface area (Å²) in [6.45, 7) is 1.86. The van der Waals surface area contributed by atoms with Crippen molar-refractivity contribution in [2.24, 2.45) is 0 Å². The summed E-state index contributed by atoms with van der Waals surface area (Å²) in [5.41, 5.74) is 2.90. The average molecular weight is 420 g/mol. The molecule has 3 rings (SSSR count). The molecule has 0 radical (unpaired) electrons. The van der Waals surface area contributed by atoms with Crippen molar-refractivity contribution >= 4 is 23.2 Å². The Labute approximate surface area is 180 Å². The van der Waals surface area contributed by atoms with Gasteiger partial charge in [0.2, 0.25) is 0 Å². The van der Waals surface area contributed by atoms with Gasteiger partial charge in [0, 0.05) is 28.1 Å². The number of rotatable bonds is 7. The van der Waals surface area contributed by atoms with E-state index in [1.807, 2.05) is 6.92 Å². The second-order valence-corrected chi connectivity index (χ2v) is 6.72. The molecule has 0 aliphatic carbocycles. The van der Waals surface area contributed by atoms with E-state index in [0.29, 0.717) is 39.8 Å². The normalized spacial score (nSPS) is 10.2. The fourth-order valence-electron chi connectivity index (χ4n) is 3.00. The molecule has 0 aliphatic heterocycles. The van der Waals surface area contributed by atoms with Gasteiger partial charge in [-0.1, -0.05) is 0 Å². The minimum absolute atomic E-state index is 0.254. The third-order valence-electron chi connectivity index (χ3n) is 4.77. The molecule has 7 nitrogen and oxygen atoms in total. The maximum absolute atomic E-state index is 12.7. The molecular formula is C24H24N2O5. The van der Waals surface area contributed by atoms with Crippen LogP contribution in [0.15, 0.2) is 60.7 Å². The standard InChI is InChI=1S/C24H24N2O5/c1-15-21(30-3)13-17(14-22(15)31-4)24(28)26-18-7-5-16(6-8-18)23(27)25-19-9-11-20(29-2)12-10-19/h5-14H,1-4H3,(H,25,27)(H,26,28). The molecule has 3 aromatic carbocycles. The Morgan fingerprint density at radius 3 is 1.55 bits per heavy atom. The van der Waals surface area contributed by atoms with Crippen LogP contribution in [0.2, 0.25) is 0 Å². The number of ether oxygens (including phenoxy) is 3. The van der Waals surface area contributed by atoms with E-state index in [0.717, 1.165) is 5.56 Å². The summed E-state index contributed by atoms with van der Waals surface area (Å²) in [6, 6.07) is 17.0. The first kappa shape index (κ1) is 21.7. The van der Waals surface area contributed by atoms with E-state index >= 15 is 0 Å². The minimum atomic E-state index is -0.313. The van der Waals surface area contributed by atoms with Gasteiger partial charge < -0.3 is 24.8 Å². The molecule has 2 N–H and O–H groups in total. The van der Waals surface area contributed by atoms with Gasteiger partial charge in [-0.05, 0) is 67.6 Å². The van der Waals surface area contributed by atoms with Crippen molar-refractivity contribution in [3.63, 3.8) is 0 Å². The first-order valence-corrected chi connectivity index (χ1v) is 9.54. The highest BCUT2D eigenvalue weighted by Crippen LogP contribution is 2.29. The third kappa shape index (κ3) is 5.14. The second kappa shape index (κ2) is 9.67. The molecule has 2 amide bonds. The summed E-state index contributed by atoms with van der Waals surface area (Å²) in [5.74, 6) is 1.27. The quantitative estimate of drug-likeness (QED) is 0.587. The highest BCUT2D eigenvalue weighted by Gasteiger charge is 2.14. The van der Waals surface area contributed by atoms with Gasteiger partial charge in [-0.15, -0.1) is 0 Å². The Bertz CT molecular complexity index is 1050. The van der Waals surface area contributed by atoms with Crippen LogP contribution in [0.4, 0.5) is 11.4 Å². The summed E-state index contributed by atoms with van der Waals surface area (Å²) < 4.78 is 15.7. The molecule has 0 unspecified atom stereocenters. The van der Waals surface area contributed by atoms with Crippen LogP contribution >= 0.6 is 0 Å². The number of amides is 2. The average Bonchev–Trinajstić information content (AvgIpc) is 2.80. The van der Waals surface area contributed by atoms with Crippen LogP contribution in [0.1, 0.15) is 26.3 Å². The minimum Gasteiger partial charge on any atom is -0.497 e. The van der Waals surface area contributed by atoms with Crippen LogP contribution in [0.5, 0.6) is 17.2 Å². The van der Waals surface area contributed by atoms with E-state index in [1.165, 1.54) is 0 Å². The summed E-state index contributed by atoms with van der Waals surface area (Å²) in [5, 5.41) is 5.63. The van der Waals surface area contributed by atoms with Crippen molar-refractivity contribution in [3.05, 3.63) is 77.4 Å². The molecule has 0 aliphatic rings. The Kier molecular flexibility index (Phi) is 6.77. The molecule has 0 aromatic heterocycles. The number of hydrogen-bond donors (Lipinski definition) is 2. The van der Waals surface area contributed by atoms with Crippen LogP contribution in [-0.2, 0) is 0 Å². The van der Waals surface area contributed by atoms with Crippen molar-refractivity contribution in [2.45, 2.75) is 6.92 Å². The van der Waals surface area contributed by atoms with Gasteiger partial charge in [-0.25, -0.2) is 0 Å². The van der Waals surface area contributed by atoms with Gasteiger partial charge in [-0.2, -0.15) is 0 Å². The zero-order chi connectivity index (χ0) is 22.4. The van der Waals surface area contributed by atoms with E-state index in [2.05, 4.69) is 10.6 Å². The van der Waals surface area contributed by atoms with Gasteiger partial charge in [0.25, 0.3) is 11.8 Å². The van der Waals surface area contributed by atoms with Crippen molar-refractivity contribution in [3.8, 4) is 17.2 Å². The number of hydrogen-bond acceptors (Lipinski definition) is 5. The highest BCUT2D eigenvalue weighted by atomic mass is 16.5. The lowest BCUT2D eigenvalue weighted by atomic mass is 10.1. The first-order valence-electron chi connectivity index (χ1n) is 9.54. The first-order chi connectivity index (χ1) is 14.9. The van der Waals surface area contributed by atoms with Crippen molar-refractivity contribution in [2.75, 3.05) is 32.0 Å². The van der Waals surface area contributed by atoms with Crippen molar-refractivity contribution in [1.29, 1.82) is 0 Å². The Hall–Kier alpha value is -4.00. The molecule has 0 spiro atoms. The number of methoxy groups -OCH3 is 3. The molecule has 0 fully saturated rings. The predicted molar refractivity (Wildman–Crippen MR) is 120 cm³/mol. The van der Waals surface area contributed by atoms with Gasteiger partial charge in [0.15, 0.2) is 0 Å². The molecule has 160 valence electrons. The Balaban J connectivity index is 1.68. The van der Waals surface area contributed by atoms with E-state index in [-0.39, 0.29) is 11.8 Å². The molecule has 7 heteroatoms. The van der Waals surface area contributed by atoms with Crippen LogP contribution in [0.25, 0.3) is 0 Å². The summed E-state index contributed by atoms with van der Waals surface area (Å²) >= 11 is 0. The molecule has 3 aromatic rings. The number of benzene rings is 3. The number of nitrogens with one attached hydrogen (secondary N) is 2. The van der Waals surface area contributed by atoms with Gasteiger partial charge in [0.1, 0.15) is 17.2 Å². The molecule has 0 heterocycles. The lowest BCUT2D eigenvalue weighted by Gasteiger charge is -2.13. The van der Waals surface area contributed by atoms with E-state index in [1.54, 1.807) is 82.0 Å².